The van der Waals surface area contributed by atoms with Gasteiger partial charge in [0.2, 0.25) is 0 Å². The Morgan fingerprint density at radius 1 is 1.50 bits per heavy atom. The van der Waals surface area contributed by atoms with Crippen molar-refractivity contribution >= 4 is 34.0 Å². The van der Waals surface area contributed by atoms with Gasteiger partial charge in [0.15, 0.2) is 15.2 Å². The van der Waals surface area contributed by atoms with E-state index in [4.69, 9.17) is 16.7 Å². The zero-order valence-corrected chi connectivity index (χ0v) is 8.94. The van der Waals surface area contributed by atoms with Gasteiger partial charge in [0.1, 0.15) is 0 Å². The molecular formula is C8H9ClN2O2S. The normalized spacial score (nSPS) is 16.2. The summed E-state index contributed by atoms with van der Waals surface area (Å²) in [4.78, 5) is 17.0. The molecule has 0 spiro atoms. The molecule has 76 valence electrons. The fourth-order valence-electron chi connectivity index (χ4n) is 1.47. The van der Waals surface area contributed by atoms with Crippen molar-refractivity contribution in [1.82, 2.24) is 4.98 Å². The molecule has 2 rings (SSSR count). The number of aromatic nitrogens is 1. The van der Waals surface area contributed by atoms with E-state index in [2.05, 4.69) is 9.88 Å². The zero-order valence-electron chi connectivity index (χ0n) is 7.36. The standard InChI is InChI=1S/C8H9ClN2O2S/c9-6-5(7(12)13)14-8(10-6)11-3-1-2-4-11/h1-4H2,(H,12,13). The fraction of sp³-hybridized carbons (Fsp3) is 0.500. The molecule has 1 N–H and O–H groups in total. The molecule has 0 amide bonds. The summed E-state index contributed by atoms with van der Waals surface area (Å²) in [5, 5.41) is 9.62. The maximum absolute atomic E-state index is 10.7. The van der Waals surface area contributed by atoms with Crippen LogP contribution in [0.1, 0.15) is 22.5 Å². The van der Waals surface area contributed by atoms with Crippen molar-refractivity contribution in [3.05, 3.63) is 10.0 Å². The highest BCUT2D eigenvalue weighted by Gasteiger charge is 2.21. The summed E-state index contributed by atoms with van der Waals surface area (Å²) in [5.74, 6) is -1.00. The maximum atomic E-state index is 10.7. The van der Waals surface area contributed by atoms with Gasteiger partial charge in [0.05, 0.1) is 0 Å². The molecule has 0 saturated carbocycles. The summed E-state index contributed by atoms with van der Waals surface area (Å²) < 4.78 is 0. The van der Waals surface area contributed by atoms with E-state index in [-0.39, 0.29) is 10.0 Å². The van der Waals surface area contributed by atoms with Gasteiger partial charge in [-0.2, -0.15) is 0 Å². The lowest BCUT2D eigenvalue weighted by molar-refractivity contribution is 0.0702. The minimum atomic E-state index is -1.00. The Morgan fingerprint density at radius 2 is 2.14 bits per heavy atom. The molecule has 1 aromatic rings. The van der Waals surface area contributed by atoms with Crippen molar-refractivity contribution in [3.63, 3.8) is 0 Å². The molecule has 0 unspecified atom stereocenters. The van der Waals surface area contributed by atoms with E-state index < -0.39 is 5.97 Å². The van der Waals surface area contributed by atoms with Gasteiger partial charge < -0.3 is 10.0 Å². The van der Waals surface area contributed by atoms with E-state index in [0.29, 0.717) is 0 Å². The molecule has 1 fully saturated rings. The highest BCUT2D eigenvalue weighted by Crippen LogP contribution is 2.31. The quantitative estimate of drug-likeness (QED) is 0.849. The first-order valence-corrected chi connectivity index (χ1v) is 5.52. The van der Waals surface area contributed by atoms with Crippen molar-refractivity contribution < 1.29 is 9.90 Å². The summed E-state index contributed by atoms with van der Waals surface area (Å²) in [6.07, 6.45) is 2.28. The average molecular weight is 233 g/mol. The third-order valence-electron chi connectivity index (χ3n) is 2.15. The van der Waals surface area contributed by atoms with Gasteiger partial charge in [-0.25, -0.2) is 9.78 Å². The molecule has 14 heavy (non-hydrogen) atoms. The maximum Gasteiger partial charge on any atom is 0.349 e. The van der Waals surface area contributed by atoms with Crippen LogP contribution in [0.15, 0.2) is 0 Å². The number of hydrogen-bond donors (Lipinski definition) is 1. The van der Waals surface area contributed by atoms with Gasteiger partial charge in [-0.15, -0.1) is 0 Å². The molecule has 0 atom stereocenters. The second-order valence-corrected chi connectivity index (χ2v) is 4.45. The van der Waals surface area contributed by atoms with Crippen LogP contribution in [0.2, 0.25) is 5.15 Å². The highest BCUT2D eigenvalue weighted by molar-refractivity contribution is 7.18. The minimum Gasteiger partial charge on any atom is -0.477 e. The van der Waals surface area contributed by atoms with Crippen molar-refractivity contribution in [2.24, 2.45) is 0 Å². The van der Waals surface area contributed by atoms with E-state index in [9.17, 15) is 4.79 Å². The third-order valence-corrected chi connectivity index (χ3v) is 3.64. The molecule has 4 nitrogen and oxygen atoms in total. The molecule has 1 saturated heterocycles. The van der Waals surface area contributed by atoms with E-state index >= 15 is 0 Å². The number of halogens is 1. The predicted molar refractivity (Wildman–Crippen MR) is 55.5 cm³/mol. The molecule has 0 aliphatic carbocycles. The molecule has 0 radical (unpaired) electrons. The first-order chi connectivity index (χ1) is 6.68. The van der Waals surface area contributed by atoms with Crippen LogP contribution in [0.3, 0.4) is 0 Å². The Morgan fingerprint density at radius 3 is 2.64 bits per heavy atom. The molecule has 1 aliphatic rings. The summed E-state index contributed by atoms with van der Waals surface area (Å²) in [6, 6.07) is 0. The number of thiazole rings is 1. The van der Waals surface area contributed by atoms with Gasteiger partial charge in [-0.3, -0.25) is 0 Å². The first kappa shape index (κ1) is 9.73. The van der Waals surface area contributed by atoms with E-state index in [0.717, 1.165) is 42.4 Å². The van der Waals surface area contributed by atoms with Gasteiger partial charge in [-0.05, 0) is 12.8 Å². The molecule has 0 aromatic carbocycles. The van der Waals surface area contributed by atoms with Crippen LogP contribution in [-0.4, -0.2) is 29.1 Å². The monoisotopic (exact) mass is 232 g/mol. The van der Waals surface area contributed by atoms with Crippen LogP contribution in [-0.2, 0) is 0 Å². The summed E-state index contributed by atoms with van der Waals surface area (Å²) in [6.45, 7) is 1.89. The van der Waals surface area contributed by atoms with Crippen molar-refractivity contribution in [2.45, 2.75) is 12.8 Å². The molecule has 2 heterocycles. The fourth-order valence-corrected chi connectivity index (χ4v) is 2.64. The SMILES string of the molecule is O=C(O)c1sc(N2CCCC2)nc1Cl. The van der Waals surface area contributed by atoms with Crippen LogP contribution in [0.25, 0.3) is 0 Å². The van der Waals surface area contributed by atoms with E-state index in [1.165, 1.54) is 0 Å². The number of carboxylic acid groups (broad SMARTS) is 1. The lowest BCUT2D eigenvalue weighted by atomic mass is 10.4. The molecule has 1 aromatic heterocycles. The minimum absolute atomic E-state index is 0.101. The number of aromatic carboxylic acids is 1. The van der Waals surface area contributed by atoms with Gasteiger partial charge in [0, 0.05) is 13.1 Å². The second-order valence-electron chi connectivity index (χ2n) is 3.12. The van der Waals surface area contributed by atoms with Crippen molar-refractivity contribution in [2.75, 3.05) is 18.0 Å². The number of carboxylic acids is 1. The largest absolute Gasteiger partial charge is 0.477 e. The Hall–Kier alpha value is -0.810. The van der Waals surface area contributed by atoms with Crippen molar-refractivity contribution in [1.29, 1.82) is 0 Å². The molecular weight excluding hydrogens is 224 g/mol. The topological polar surface area (TPSA) is 53.4 Å². The average Bonchev–Trinajstić information content (AvgIpc) is 2.70. The van der Waals surface area contributed by atoms with E-state index in [1.54, 1.807) is 0 Å². The van der Waals surface area contributed by atoms with Crippen LogP contribution in [0, 0.1) is 0 Å². The lowest BCUT2D eigenvalue weighted by Crippen LogP contribution is -2.16. The van der Waals surface area contributed by atoms with Gasteiger partial charge in [-0.1, -0.05) is 22.9 Å². The number of nitrogens with zero attached hydrogens (tertiary/aromatic N) is 2. The van der Waals surface area contributed by atoms with Crippen LogP contribution < -0.4 is 4.90 Å². The van der Waals surface area contributed by atoms with E-state index in [1.807, 2.05) is 0 Å². The molecule has 0 bridgehead atoms. The number of anilines is 1. The number of carbonyl (C=O) groups is 1. The van der Waals surface area contributed by atoms with Gasteiger partial charge in [0.25, 0.3) is 0 Å². The lowest BCUT2D eigenvalue weighted by Gasteiger charge is -2.11. The van der Waals surface area contributed by atoms with Crippen LogP contribution in [0.5, 0.6) is 0 Å². The molecule has 6 heteroatoms. The first-order valence-electron chi connectivity index (χ1n) is 4.33. The number of rotatable bonds is 2. The summed E-state index contributed by atoms with van der Waals surface area (Å²) in [7, 11) is 0. The summed E-state index contributed by atoms with van der Waals surface area (Å²) >= 11 is 6.86. The van der Waals surface area contributed by atoms with Crippen LogP contribution in [0.4, 0.5) is 5.13 Å². The second kappa shape index (κ2) is 3.74. The predicted octanol–water partition coefficient (Wildman–Crippen LogP) is 2.09. The Kier molecular flexibility index (Phi) is 2.60. The Balaban J connectivity index is 2.27. The third kappa shape index (κ3) is 1.69. The smallest absolute Gasteiger partial charge is 0.349 e. The zero-order chi connectivity index (χ0) is 10.1. The van der Waals surface area contributed by atoms with Crippen LogP contribution >= 0.6 is 22.9 Å². The number of hydrogen-bond acceptors (Lipinski definition) is 4. The summed E-state index contributed by atoms with van der Waals surface area (Å²) in [5.41, 5.74) is 0. The Labute approximate surface area is 90.1 Å². The highest BCUT2D eigenvalue weighted by atomic mass is 35.5. The molecule has 1 aliphatic heterocycles. The van der Waals surface area contributed by atoms with Gasteiger partial charge >= 0.3 is 5.97 Å². The van der Waals surface area contributed by atoms with Crippen molar-refractivity contribution in [3.8, 4) is 0 Å². The Bertz CT molecular complexity index is 360.